The minimum Gasteiger partial charge on any atom is -0.480 e. The molecule has 0 radical (unpaired) electrons. The Morgan fingerprint density at radius 1 is 1.10 bits per heavy atom. The highest BCUT2D eigenvalue weighted by atomic mass is 79.9. The van der Waals surface area contributed by atoms with Gasteiger partial charge in [-0.3, -0.25) is 9.69 Å². The van der Waals surface area contributed by atoms with Crippen LogP contribution in [-0.2, 0) is 4.79 Å². The number of nitrogens with one attached hydrogen (secondary N) is 1. The summed E-state index contributed by atoms with van der Waals surface area (Å²) in [4.78, 5) is 29.2. The van der Waals surface area contributed by atoms with Crippen LogP contribution < -0.4 is 4.90 Å². The Labute approximate surface area is 187 Å². The lowest BCUT2D eigenvalue weighted by Gasteiger charge is -2.38. The van der Waals surface area contributed by atoms with Crippen LogP contribution in [0.25, 0.3) is 21.9 Å². The third-order valence-corrected chi connectivity index (χ3v) is 6.40. The number of carboxylic acids is 1. The molecule has 158 valence electrons. The third kappa shape index (κ3) is 3.66. The number of halogens is 1. The molecule has 7 nitrogen and oxygen atoms in total. The highest BCUT2D eigenvalue weighted by molar-refractivity contribution is 9.10. The van der Waals surface area contributed by atoms with E-state index in [0.717, 1.165) is 43.5 Å². The van der Waals surface area contributed by atoms with Gasteiger partial charge in [-0.15, -0.1) is 0 Å². The molecule has 1 aliphatic rings. The largest absolute Gasteiger partial charge is 0.480 e. The van der Waals surface area contributed by atoms with Crippen LogP contribution >= 0.6 is 15.9 Å². The fourth-order valence-electron chi connectivity index (χ4n) is 4.40. The number of nitrogens with zero attached hydrogens (tertiary/aromatic N) is 4. The molecule has 1 atom stereocenters. The average molecular weight is 480 g/mol. The van der Waals surface area contributed by atoms with Gasteiger partial charge in [-0.25, -0.2) is 9.97 Å². The van der Waals surface area contributed by atoms with E-state index in [4.69, 9.17) is 9.97 Å². The quantitative estimate of drug-likeness (QED) is 0.457. The third-order valence-electron chi connectivity index (χ3n) is 5.90. The molecule has 1 fully saturated rings. The zero-order chi connectivity index (χ0) is 21.5. The monoisotopic (exact) mass is 479 g/mol. The van der Waals surface area contributed by atoms with Gasteiger partial charge in [0.25, 0.3) is 0 Å². The second-order valence-electron chi connectivity index (χ2n) is 7.82. The number of aryl methyl sites for hydroxylation is 1. The molecular formula is C23H22BrN5O2. The number of carbonyl (C=O) groups is 1. The molecule has 5 rings (SSSR count). The lowest BCUT2D eigenvalue weighted by molar-refractivity contribution is -0.143. The first-order chi connectivity index (χ1) is 15.0. The van der Waals surface area contributed by atoms with Gasteiger partial charge in [-0.2, -0.15) is 0 Å². The van der Waals surface area contributed by atoms with Crippen molar-refractivity contribution < 1.29 is 9.90 Å². The summed E-state index contributed by atoms with van der Waals surface area (Å²) in [5, 5.41) is 11.0. The zero-order valence-corrected chi connectivity index (χ0v) is 18.6. The fourth-order valence-corrected chi connectivity index (χ4v) is 4.76. The Hall–Kier alpha value is -2.97. The number of fused-ring (bicyclic) bond motifs is 2. The molecule has 4 aromatic rings. The van der Waals surface area contributed by atoms with Gasteiger partial charge >= 0.3 is 5.97 Å². The summed E-state index contributed by atoms with van der Waals surface area (Å²) in [6, 6.07) is 13.0. The van der Waals surface area contributed by atoms with Crippen LogP contribution in [0.4, 0.5) is 5.82 Å². The summed E-state index contributed by atoms with van der Waals surface area (Å²) in [6.45, 7) is 4.63. The molecule has 8 heteroatoms. The van der Waals surface area contributed by atoms with Gasteiger partial charge in [0.15, 0.2) is 5.82 Å². The van der Waals surface area contributed by atoms with E-state index in [-0.39, 0.29) is 0 Å². The topological polar surface area (TPSA) is 85.3 Å². The molecule has 0 aliphatic carbocycles. The maximum absolute atomic E-state index is 12.3. The van der Waals surface area contributed by atoms with Gasteiger partial charge in [0.1, 0.15) is 6.04 Å². The smallest absolute Gasteiger partial charge is 0.325 e. The molecule has 3 heterocycles. The second kappa shape index (κ2) is 7.94. The number of para-hydroxylation sites is 2. The Kier molecular flexibility index (Phi) is 5.11. The second-order valence-corrected chi connectivity index (χ2v) is 8.73. The van der Waals surface area contributed by atoms with Crippen LogP contribution in [0.5, 0.6) is 0 Å². The van der Waals surface area contributed by atoms with Gasteiger partial charge in [0.05, 0.1) is 16.7 Å². The lowest BCUT2D eigenvalue weighted by atomic mass is 10.0. The fraction of sp³-hybridized carbons (Fsp3) is 0.261. The number of hydrogen-bond donors (Lipinski definition) is 2. The number of rotatable bonds is 4. The molecule has 31 heavy (non-hydrogen) atoms. The van der Waals surface area contributed by atoms with E-state index in [2.05, 4.69) is 25.8 Å². The summed E-state index contributed by atoms with van der Waals surface area (Å²) in [5.41, 5.74) is 4.38. The van der Waals surface area contributed by atoms with E-state index in [1.807, 2.05) is 60.5 Å². The molecular weight excluding hydrogens is 458 g/mol. The van der Waals surface area contributed by atoms with Gasteiger partial charge < -0.3 is 15.0 Å². The van der Waals surface area contributed by atoms with Crippen LogP contribution in [0.1, 0.15) is 17.3 Å². The predicted molar refractivity (Wildman–Crippen MR) is 124 cm³/mol. The van der Waals surface area contributed by atoms with Crippen molar-refractivity contribution >= 4 is 49.7 Å². The normalized spacial score (nSPS) is 16.1. The number of aromatic amines is 1. The van der Waals surface area contributed by atoms with Crippen molar-refractivity contribution in [2.24, 2.45) is 0 Å². The molecule has 1 aliphatic heterocycles. The Balaban J connectivity index is 1.40. The number of aliphatic carboxylic acids is 1. The van der Waals surface area contributed by atoms with Crippen molar-refractivity contribution in [2.75, 3.05) is 31.1 Å². The number of benzene rings is 2. The van der Waals surface area contributed by atoms with Crippen molar-refractivity contribution in [3.8, 4) is 0 Å². The molecule has 1 saturated heterocycles. The van der Waals surface area contributed by atoms with Crippen molar-refractivity contribution in [2.45, 2.75) is 13.0 Å². The Bertz CT molecular complexity index is 1280. The van der Waals surface area contributed by atoms with Crippen molar-refractivity contribution in [3.05, 3.63) is 64.4 Å². The van der Waals surface area contributed by atoms with E-state index in [1.54, 1.807) is 0 Å². The van der Waals surface area contributed by atoms with Gasteiger partial charge in [0.2, 0.25) is 0 Å². The van der Waals surface area contributed by atoms with Crippen molar-refractivity contribution in [1.29, 1.82) is 0 Å². The van der Waals surface area contributed by atoms with E-state index in [9.17, 15) is 9.90 Å². The summed E-state index contributed by atoms with van der Waals surface area (Å²) >= 11 is 3.50. The zero-order valence-electron chi connectivity index (χ0n) is 17.0. The number of anilines is 1. The molecule has 0 bridgehead atoms. The lowest BCUT2D eigenvalue weighted by Crippen LogP contribution is -2.49. The highest BCUT2D eigenvalue weighted by Crippen LogP contribution is 2.32. The maximum Gasteiger partial charge on any atom is 0.325 e. The van der Waals surface area contributed by atoms with Crippen LogP contribution in [0.3, 0.4) is 0 Å². The number of hydrogen-bond acceptors (Lipinski definition) is 5. The summed E-state index contributed by atoms with van der Waals surface area (Å²) in [6.07, 6.45) is 1.82. The molecule has 0 spiro atoms. The van der Waals surface area contributed by atoms with Crippen LogP contribution in [0.15, 0.2) is 53.1 Å². The first-order valence-electron chi connectivity index (χ1n) is 10.2. The summed E-state index contributed by atoms with van der Waals surface area (Å²) in [5.74, 6) is 0.0391. The van der Waals surface area contributed by atoms with E-state index in [0.29, 0.717) is 26.2 Å². The average Bonchev–Trinajstić information content (AvgIpc) is 3.16. The van der Waals surface area contributed by atoms with Crippen LogP contribution in [0, 0.1) is 6.92 Å². The van der Waals surface area contributed by atoms with Crippen molar-refractivity contribution in [1.82, 2.24) is 19.9 Å². The van der Waals surface area contributed by atoms with Gasteiger partial charge in [-0.1, -0.05) is 28.1 Å². The van der Waals surface area contributed by atoms with Gasteiger partial charge in [0, 0.05) is 53.3 Å². The first-order valence-corrected chi connectivity index (χ1v) is 11.0. The van der Waals surface area contributed by atoms with E-state index in [1.165, 1.54) is 0 Å². The Morgan fingerprint density at radius 3 is 2.52 bits per heavy atom. The number of piperazine rings is 1. The number of aromatic nitrogens is 3. The van der Waals surface area contributed by atoms with E-state index >= 15 is 0 Å². The molecule has 0 unspecified atom stereocenters. The minimum atomic E-state index is -0.837. The molecule has 2 N–H and O–H groups in total. The van der Waals surface area contributed by atoms with Gasteiger partial charge in [-0.05, 0) is 37.3 Å². The minimum absolute atomic E-state index is 0.631. The molecule has 2 aromatic carbocycles. The Morgan fingerprint density at radius 2 is 1.81 bits per heavy atom. The van der Waals surface area contributed by atoms with Crippen molar-refractivity contribution in [3.63, 3.8) is 0 Å². The first kappa shape index (κ1) is 20.0. The predicted octanol–water partition coefficient (Wildman–Crippen LogP) is 4.13. The molecule has 0 amide bonds. The van der Waals surface area contributed by atoms with E-state index < -0.39 is 12.0 Å². The number of carboxylic acid groups (broad SMARTS) is 1. The molecule has 2 aromatic heterocycles. The highest BCUT2D eigenvalue weighted by Gasteiger charge is 2.32. The standard InChI is InChI=1S/C23H22BrN5O2/c1-14-22(27-20-5-3-2-4-19(20)26-14)29-10-8-28(9-11-29)21(23(30)31)17-13-25-18-7-6-15(24)12-16(17)18/h2-7,12-13,21,25H,8-11H2,1H3,(H,30,31)/t21-/m0/s1. The maximum atomic E-state index is 12.3. The molecule has 0 saturated carbocycles. The summed E-state index contributed by atoms with van der Waals surface area (Å²) < 4.78 is 0.931. The van der Waals surface area contributed by atoms with Crippen LogP contribution in [0.2, 0.25) is 0 Å². The SMILES string of the molecule is Cc1nc2ccccc2nc1N1CCN([C@H](C(=O)O)c2c[nH]c3ccc(Br)cc23)CC1. The summed E-state index contributed by atoms with van der Waals surface area (Å²) in [7, 11) is 0. The number of H-pyrrole nitrogens is 1. The van der Waals surface area contributed by atoms with Crippen LogP contribution in [-0.4, -0.2) is 57.1 Å².